The number of aromatic nitrogens is 2. The number of carbonyl (C=O) groups excluding carboxylic acids is 1. The lowest BCUT2D eigenvalue weighted by atomic mass is 10.2. The number of rotatable bonds is 4. The van der Waals surface area contributed by atoms with Crippen molar-refractivity contribution >= 4 is 29.1 Å². The lowest BCUT2D eigenvalue weighted by molar-refractivity contribution is 0.0932. The second-order valence-corrected chi connectivity index (χ2v) is 5.98. The second-order valence-electron chi connectivity index (χ2n) is 5.14. The standard InChI is InChI=1S/C17H13Cl2N3O2/c1-10(20-16(23)13-4-2-3-5-14(13)19)17-21-15(22-24-17)11-6-8-12(18)9-7-11/h2-10H,1H3,(H,20,23)/t10-/m1/s1. The zero-order chi connectivity index (χ0) is 17.1. The molecule has 7 heteroatoms. The van der Waals surface area contributed by atoms with Crippen LogP contribution in [0.2, 0.25) is 10.0 Å². The number of halogens is 2. The summed E-state index contributed by atoms with van der Waals surface area (Å²) in [6, 6.07) is 13.4. The quantitative estimate of drug-likeness (QED) is 0.740. The minimum Gasteiger partial charge on any atom is -0.340 e. The SMILES string of the molecule is C[C@@H](NC(=O)c1ccccc1Cl)c1nc(-c2ccc(Cl)cc2)no1. The lowest BCUT2D eigenvalue weighted by Gasteiger charge is -2.10. The Morgan fingerprint density at radius 3 is 2.54 bits per heavy atom. The number of hydrogen-bond donors (Lipinski definition) is 1. The van der Waals surface area contributed by atoms with Crippen molar-refractivity contribution in [2.75, 3.05) is 0 Å². The fourth-order valence-corrected chi connectivity index (χ4v) is 2.46. The molecule has 0 aliphatic rings. The third kappa shape index (κ3) is 3.58. The number of nitrogens with one attached hydrogen (secondary N) is 1. The Hall–Kier alpha value is -2.37. The average Bonchev–Trinajstić information content (AvgIpc) is 3.06. The molecule has 0 aliphatic carbocycles. The highest BCUT2D eigenvalue weighted by Crippen LogP contribution is 2.21. The van der Waals surface area contributed by atoms with Crippen LogP contribution in [0.1, 0.15) is 29.2 Å². The van der Waals surface area contributed by atoms with E-state index >= 15 is 0 Å². The van der Waals surface area contributed by atoms with Gasteiger partial charge in [-0.2, -0.15) is 4.98 Å². The van der Waals surface area contributed by atoms with Crippen LogP contribution in [0.3, 0.4) is 0 Å². The van der Waals surface area contributed by atoms with Gasteiger partial charge in [0, 0.05) is 10.6 Å². The molecular weight excluding hydrogens is 349 g/mol. The molecule has 1 aromatic heterocycles. The Balaban J connectivity index is 1.74. The molecule has 0 saturated carbocycles. The van der Waals surface area contributed by atoms with Crippen molar-refractivity contribution in [1.29, 1.82) is 0 Å². The molecule has 122 valence electrons. The first-order valence-corrected chi connectivity index (χ1v) is 7.95. The molecule has 0 aliphatic heterocycles. The Kier molecular flexibility index (Phi) is 4.83. The molecule has 1 N–H and O–H groups in total. The van der Waals surface area contributed by atoms with Crippen molar-refractivity contribution in [2.45, 2.75) is 13.0 Å². The second kappa shape index (κ2) is 7.03. The number of nitrogens with zero attached hydrogens (tertiary/aromatic N) is 2. The minimum absolute atomic E-state index is 0.306. The van der Waals surface area contributed by atoms with Gasteiger partial charge in [0.1, 0.15) is 6.04 Å². The number of carbonyl (C=O) groups is 1. The van der Waals surface area contributed by atoms with E-state index < -0.39 is 6.04 Å². The first-order valence-electron chi connectivity index (χ1n) is 7.19. The van der Waals surface area contributed by atoms with E-state index in [9.17, 15) is 4.79 Å². The molecule has 24 heavy (non-hydrogen) atoms. The summed E-state index contributed by atoms with van der Waals surface area (Å²) in [5.74, 6) is 0.431. The molecule has 1 atom stereocenters. The van der Waals surface area contributed by atoms with Crippen LogP contribution in [-0.2, 0) is 0 Å². The molecule has 3 aromatic rings. The molecule has 0 spiro atoms. The van der Waals surface area contributed by atoms with Crippen LogP contribution in [0.15, 0.2) is 53.1 Å². The predicted molar refractivity (Wildman–Crippen MR) is 92.1 cm³/mol. The van der Waals surface area contributed by atoms with Gasteiger partial charge in [-0.25, -0.2) is 0 Å². The Bertz CT molecular complexity index is 862. The average molecular weight is 362 g/mol. The highest BCUT2D eigenvalue weighted by atomic mass is 35.5. The molecule has 1 amide bonds. The van der Waals surface area contributed by atoms with E-state index in [0.29, 0.717) is 27.3 Å². The molecule has 2 aromatic carbocycles. The summed E-state index contributed by atoms with van der Waals surface area (Å²) >= 11 is 11.9. The van der Waals surface area contributed by atoms with Crippen LogP contribution in [0.25, 0.3) is 11.4 Å². The first kappa shape index (κ1) is 16.5. The van der Waals surface area contributed by atoms with E-state index in [2.05, 4.69) is 15.5 Å². The van der Waals surface area contributed by atoms with Crippen LogP contribution in [-0.4, -0.2) is 16.0 Å². The number of benzene rings is 2. The molecule has 0 fully saturated rings. The van der Waals surface area contributed by atoms with E-state index in [4.69, 9.17) is 27.7 Å². The van der Waals surface area contributed by atoms with Crippen molar-refractivity contribution < 1.29 is 9.32 Å². The molecule has 0 saturated heterocycles. The zero-order valence-corrected chi connectivity index (χ0v) is 14.2. The third-order valence-corrected chi connectivity index (χ3v) is 3.96. The van der Waals surface area contributed by atoms with Crippen LogP contribution < -0.4 is 5.32 Å². The third-order valence-electron chi connectivity index (χ3n) is 3.38. The maximum absolute atomic E-state index is 12.3. The number of hydrogen-bond acceptors (Lipinski definition) is 4. The largest absolute Gasteiger partial charge is 0.340 e. The van der Waals surface area contributed by atoms with Gasteiger partial charge in [0.2, 0.25) is 11.7 Å². The van der Waals surface area contributed by atoms with E-state index in [1.807, 2.05) is 0 Å². The van der Waals surface area contributed by atoms with Crippen molar-refractivity contribution in [3.63, 3.8) is 0 Å². The molecule has 1 heterocycles. The van der Waals surface area contributed by atoms with Gasteiger partial charge in [-0.05, 0) is 43.3 Å². The molecule has 0 unspecified atom stereocenters. The van der Waals surface area contributed by atoms with Crippen LogP contribution in [0.4, 0.5) is 0 Å². The van der Waals surface area contributed by atoms with Gasteiger partial charge in [-0.15, -0.1) is 0 Å². The summed E-state index contributed by atoms with van der Waals surface area (Å²) in [6.45, 7) is 1.76. The van der Waals surface area contributed by atoms with Crippen LogP contribution in [0.5, 0.6) is 0 Å². The monoisotopic (exact) mass is 361 g/mol. The van der Waals surface area contributed by atoms with Crippen molar-refractivity contribution in [3.05, 3.63) is 70.0 Å². The molecule has 3 rings (SSSR count). The fraction of sp³-hybridized carbons (Fsp3) is 0.118. The molecule has 5 nitrogen and oxygen atoms in total. The highest BCUT2D eigenvalue weighted by molar-refractivity contribution is 6.33. The summed E-state index contributed by atoms with van der Waals surface area (Å²) in [5, 5.41) is 7.73. The van der Waals surface area contributed by atoms with Gasteiger partial charge in [0.15, 0.2) is 0 Å². The molecule has 0 radical (unpaired) electrons. The number of amides is 1. The first-order chi connectivity index (χ1) is 11.5. The van der Waals surface area contributed by atoms with Crippen LogP contribution in [0, 0.1) is 0 Å². The van der Waals surface area contributed by atoms with Crippen molar-refractivity contribution in [2.24, 2.45) is 0 Å². The van der Waals surface area contributed by atoms with Crippen molar-refractivity contribution in [1.82, 2.24) is 15.5 Å². The predicted octanol–water partition coefficient (Wildman–Crippen LogP) is 4.53. The van der Waals surface area contributed by atoms with Crippen molar-refractivity contribution in [3.8, 4) is 11.4 Å². The summed E-state index contributed by atoms with van der Waals surface area (Å²) in [5.41, 5.74) is 1.17. The zero-order valence-electron chi connectivity index (χ0n) is 12.7. The van der Waals surface area contributed by atoms with Gasteiger partial charge < -0.3 is 9.84 Å². The maximum atomic E-state index is 12.3. The smallest absolute Gasteiger partial charge is 0.253 e. The summed E-state index contributed by atoms with van der Waals surface area (Å²) in [7, 11) is 0. The summed E-state index contributed by atoms with van der Waals surface area (Å²) in [6.07, 6.45) is 0. The fourth-order valence-electron chi connectivity index (χ4n) is 2.11. The topological polar surface area (TPSA) is 68.0 Å². The minimum atomic E-state index is -0.456. The molecule has 0 bridgehead atoms. The molecular formula is C17H13Cl2N3O2. The van der Waals surface area contributed by atoms with E-state index in [-0.39, 0.29) is 5.91 Å². The van der Waals surface area contributed by atoms with Gasteiger partial charge in [0.05, 0.1) is 10.6 Å². The summed E-state index contributed by atoms with van der Waals surface area (Å²) in [4.78, 5) is 16.6. The van der Waals surface area contributed by atoms with Gasteiger partial charge >= 0.3 is 0 Å². The van der Waals surface area contributed by atoms with E-state index in [1.54, 1.807) is 55.5 Å². The van der Waals surface area contributed by atoms with E-state index in [1.165, 1.54) is 0 Å². The maximum Gasteiger partial charge on any atom is 0.253 e. The Labute approximate surface area is 148 Å². The Morgan fingerprint density at radius 2 is 1.83 bits per heavy atom. The van der Waals surface area contributed by atoms with E-state index in [0.717, 1.165) is 5.56 Å². The van der Waals surface area contributed by atoms with Gasteiger partial charge in [-0.3, -0.25) is 4.79 Å². The summed E-state index contributed by atoms with van der Waals surface area (Å²) < 4.78 is 5.24. The Morgan fingerprint density at radius 1 is 1.12 bits per heavy atom. The van der Waals surface area contributed by atoms with Gasteiger partial charge in [-0.1, -0.05) is 40.5 Å². The highest BCUT2D eigenvalue weighted by Gasteiger charge is 2.19. The van der Waals surface area contributed by atoms with Gasteiger partial charge in [0.25, 0.3) is 5.91 Å². The van der Waals surface area contributed by atoms with Crippen LogP contribution >= 0.6 is 23.2 Å². The normalized spacial score (nSPS) is 12.0. The lowest BCUT2D eigenvalue weighted by Crippen LogP contribution is -2.27.